The standard InChI is InChI=1S/C44H23N5O2/c45-24-26-5-17-37-41(19-26)50-43(47-37)32-11-15-35-36-16-12-33(44-48-38-18-6-27(25-46)20-42(38)51-44)23-40(36)49(39(35)22-32)34-13-9-29(10-14-34)31-8-7-28-3-1-2-4-30(28)21-31/h1-23H. The SMILES string of the molecule is N#Cc1ccc2nc(-c3ccc4c5ccc(-c6nc7ccc(C#N)cc7o6)cc5n(-c5ccc(-c6ccc7ccccc7c6)cc5)c4c3)oc2c1. The van der Waals surface area contributed by atoms with Gasteiger partial charge in [0.15, 0.2) is 11.2 Å². The third kappa shape index (κ3) is 4.65. The molecule has 0 atom stereocenters. The minimum Gasteiger partial charge on any atom is -0.436 e. The Morgan fingerprint density at radius 2 is 1.00 bits per heavy atom. The van der Waals surface area contributed by atoms with Crippen LogP contribution < -0.4 is 0 Å². The van der Waals surface area contributed by atoms with Gasteiger partial charge in [0, 0.05) is 39.7 Å². The Hall–Kier alpha value is -7.48. The quantitative estimate of drug-likeness (QED) is 0.187. The van der Waals surface area contributed by atoms with Crippen LogP contribution in [0.3, 0.4) is 0 Å². The van der Waals surface area contributed by atoms with Crippen LogP contribution in [0.1, 0.15) is 11.1 Å². The number of oxazole rings is 2. The van der Waals surface area contributed by atoms with E-state index in [0.717, 1.165) is 49.7 Å². The van der Waals surface area contributed by atoms with E-state index in [2.05, 4.69) is 108 Å². The van der Waals surface area contributed by atoms with Gasteiger partial charge in [-0.1, -0.05) is 60.7 Å². The monoisotopic (exact) mass is 653 g/mol. The first-order chi connectivity index (χ1) is 25.1. The molecule has 0 amide bonds. The van der Waals surface area contributed by atoms with Crippen LogP contribution in [0.2, 0.25) is 0 Å². The van der Waals surface area contributed by atoms with Crippen molar-refractivity contribution in [2.45, 2.75) is 0 Å². The second-order valence-corrected chi connectivity index (χ2v) is 12.5. The number of hydrogen-bond acceptors (Lipinski definition) is 6. The molecule has 236 valence electrons. The molecule has 0 aliphatic carbocycles. The highest BCUT2D eigenvalue weighted by Gasteiger charge is 2.18. The van der Waals surface area contributed by atoms with E-state index in [1.807, 2.05) is 24.3 Å². The number of nitrogens with zero attached hydrogens (tertiary/aromatic N) is 5. The summed E-state index contributed by atoms with van der Waals surface area (Å²) in [5.41, 5.74) is 10.4. The zero-order valence-electron chi connectivity index (χ0n) is 26.8. The van der Waals surface area contributed by atoms with Crippen molar-refractivity contribution < 1.29 is 8.83 Å². The van der Waals surface area contributed by atoms with E-state index < -0.39 is 0 Å². The zero-order chi connectivity index (χ0) is 34.1. The molecule has 10 rings (SSSR count). The lowest BCUT2D eigenvalue weighted by Gasteiger charge is -2.11. The van der Waals surface area contributed by atoms with E-state index in [1.165, 1.54) is 10.8 Å². The van der Waals surface area contributed by atoms with E-state index in [9.17, 15) is 10.5 Å². The molecule has 0 aliphatic heterocycles. The molecule has 0 radical (unpaired) electrons. The fourth-order valence-electron chi connectivity index (χ4n) is 6.97. The lowest BCUT2D eigenvalue weighted by Crippen LogP contribution is -1.94. The Labute approximate surface area is 290 Å². The smallest absolute Gasteiger partial charge is 0.227 e. The third-order valence-corrected chi connectivity index (χ3v) is 9.50. The molecule has 7 nitrogen and oxygen atoms in total. The van der Waals surface area contributed by atoms with Crippen LogP contribution >= 0.6 is 0 Å². The number of benzene rings is 7. The van der Waals surface area contributed by atoms with Crippen LogP contribution in [0, 0.1) is 22.7 Å². The van der Waals surface area contributed by atoms with E-state index in [-0.39, 0.29) is 0 Å². The van der Waals surface area contributed by atoms with E-state index >= 15 is 0 Å². The summed E-state index contributed by atoms with van der Waals surface area (Å²) >= 11 is 0. The lowest BCUT2D eigenvalue weighted by atomic mass is 10.0. The van der Waals surface area contributed by atoms with Crippen molar-refractivity contribution in [2.75, 3.05) is 0 Å². The maximum absolute atomic E-state index is 9.39. The van der Waals surface area contributed by atoms with Gasteiger partial charge >= 0.3 is 0 Å². The Balaban J connectivity index is 1.16. The first kappa shape index (κ1) is 28.5. The van der Waals surface area contributed by atoms with E-state index in [1.54, 1.807) is 24.3 Å². The fraction of sp³-hybridized carbons (Fsp3) is 0. The molecule has 0 saturated heterocycles. The maximum Gasteiger partial charge on any atom is 0.227 e. The summed E-state index contributed by atoms with van der Waals surface area (Å²) in [6, 6.07) is 50.9. The summed E-state index contributed by atoms with van der Waals surface area (Å²) in [7, 11) is 0. The van der Waals surface area contributed by atoms with Gasteiger partial charge in [-0.05, 0) is 88.6 Å². The number of nitriles is 2. The van der Waals surface area contributed by atoms with Crippen LogP contribution in [0.4, 0.5) is 0 Å². The lowest BCUT2D eigenvalue weighted by molar-refractivity contribution is 0.619. The average molecular weight is 654 g/mol. The summed E-state index contributed by atoms with van der Waals surface area (Å²) in [6.07, 6.45) is 0. The highest BCUT2D eigenvalue weighted by Crippen LogP contribution is 2.38. The molecule has 10 aromatic rings. The molecule has 0 aliphatic rings. The Bertz CT molecular complexity index is 2960. The second-order valence-electron chi connectivity index (χ2n) is 12.5. The summed E-state index contributed by atoms with van der Waals surface area (Å²) in [4.78, 5) is 9.50. The van der Waals surface area contributed by atoms with Crippen molar-refractivity contribution in [3.05, 3.63) is 151 Å². The van der Waals surface area contributed by atoms with Crippen LogP contribution in [0.5, 0.6) is 0 Å². The van der Waals surface area contributed by atoms with Gasteiger partial charge in [-0.25, -0.2) is 9.97 Å². The van der Waals surface area contributed by atoms with Gasteiger partial charge in [-0.2, -0.15) is 10.5 Å². The zero-order valence-corrected chi connectivity index (χ0v) is 26.8. The number of aromatic nitrogens is 3. The number of fused-ring (bicyclic) bond motifs is 6. The van der Waals surface area contributed by atoms with E-state index in [4.69, 9.17) is 18.8 Å². The molecule has 3 aromatic heterocycles. The molecular weight excluding hydrogens is 631 g/mol. The molecule has 7 aromatic carbocycles. The first-order valence-electron chi connectivity index (χ1n) is 16.4. The van der Waals surface area contributed by atoms with Crippen molar-refractivity contribution in [1.82, 2.24) is 14.5 Å². The van der Waals surface area contributed by atoms with Crippen molar-refractivity contribution in [1.29, 1.82) is 10.5 Å². The van der Waals surface area contributed by atoms with Crippen LogP contribution in [-0.4, -0.2) is 14.5 Å². The Kier molecular flexibility index (Phi) is 6.17. The predicted molar refractivity (Wildman–Crippen MR) is 199 cm³/mol. The topological polar surface area (TPSA) is 105 Å². The van der Waals surface area contributed by atoms with Gasteiger partial charge in [0.1, 0.15) is 11.0 Å². The van der Waals surface area contributed by atoms with Gasteiger partial charge in [-0.3, -0.25) is 0 Å². The Morgan fingerprint density at radius 3 is 1.57 bits per heavy atom. The van der Waals surface area contributed by atoms with Gasteiger partial charge < -0.3 is 13.4 Å². The summed E-state index contributed by atoms with van der Waals surface area (Å²) < 4.78 is 14.6. The summed E-state index contributed by atoms with van der Waals surface area (Å²) in [5, 5.41) is 23.3. The Morgan fingerprint density at radius 1 is 0.471 bits per heavy atom. The maximum atomic E-state index is 9.39. The van der Waals surface area contributed by atoms with Crippen molar-refractivity contribution in [3.63, 3.8) is 0 Å². The molecule has 0 fully saturated rings. The van der Waals surface area contributed by atoms with Crippen molar-refractivity contribution in [3.8, 4) is 51.9 Å². The van der Waals surface area contributed by atoms with Crippen molar-refractivity contribution in [2.24, 2.45) is 0 Å². The largest absolute Gasteiger partial charge is 0.436 e. The molecule has 0 spiro atoms. The predicted octanol–water partition coefficient (Wildman–Crippen LogP) is 11.0. The fourth-order valence-corrected chi connectivity index (χ4v) is 6.97. The van der Waals surface area contributed by atoms with Gasteiger partial charge in [0.2, 0.25) is 11.8 Å². The number of hydrogen-bond donors (Lipinski definition) is 0. The summed E-state index contributed by atoms with van der Waals surface area (Å²) in [6.45, 7) is 0. The van der Waals surface area contributed by atoms with Crippen LogP contribution in [0.25, 0.3) is 94.5 Å². The number of rotatable bonds is 4. The average Bonchev–Trinajstić information content (AvgIpc) is 3.90. The molecule has 51 heavy (non-hydrogen) atoms. The van der Waals surface area contributed by atoms with Crippen LogP contribution in [0.15, 0.2) is 148 Å². The molecular formula is C44H23N5O2. The van der Waals surface area contributed by atoms with Gasteiger partial charge in [0.25, 0.3) is 0 Å². The van der Waals surface area contributed by atoms with Crippen molar-refractivity contribution >= 4 is 54.8 Å². The van der Waals surface area contributed by atoms with Gasteiger partial charge in [0.05, 0.1) is 34.3 Å². The summed E-state index contributed by atoms with van der Waals surface area (Å²) in [5.74, 6) is 0.962. The van der Waals surface area contributed by atoms with E-state index in [0.29, 0.717) is 45.1 Å². The molecule has 0 bridgehead atoms. The molecule has 0 unspecified atom stereocenters. The van der Waals surface area contributed by atoms with Gasteiger partial charge in [-0.15, -0.1) is 0 Å². The highest BCUT2D eigenvalue weighted by molar-refractivity contribution is 6.11. The highest BCUT2D eigenvalue weighted by atomic mass is 16.4. The normalized spacial score (nSPS) is 11.5. The molecule has 7 heteroatoms. The second kappa shape index (κ2) is 11.0. The molecule has 0 N–H and O–H groups in total. The van der Waals surface area contributed by atoms with Crippen LogP contribution in [-0.2, 0) is 0 Å². The minimum absolute atomic E-state index is 0.481. The minimum atomic E-state index is 0.481. The first-order valence-corrected chi connectivity index (χ1v) is 16.4. The molecule has 3 heterocycles. The molecule has 0 saturated carbocycles. The third-order valence-electron chi connectivity index (χ3n) is 9.50.